The van der Waals surface area contributed by atoms with Crippen molar-refractivity contribution < 1.29 is 14.1 Å². The highest BCUT2D eigenvalue weighted by Gasteiger charge is 2.17. The number of hydrogen-bond acceptors (Lipinski definition) is 3. The van der Waals surface area contributed by atoms with Crippen LogP contribution < -0.4 is 4.74 Å². The maximum atomic E-state index is 12.9. The molecule has 0 aliphatic carbocycles. The van der Waals surface area contributed by atoms with E-state index in [4.69, 9.17) is 4.74 Å². The minimum absolute atomic E-state index is 0.103. The molecule has 0 saturated heterocycles. The first-order chi connectivity index (χ1) is 6.60. The Balaban J connectivity index is 3.46. The highest BCUT2D eigenvalue weighted by atomic mass is 19.1. The topological polar surface area (TPSA) is 52.4 Å². The van der Waals surface area contributed by atoms with Gasteiger partial charge in [0.1, 0.15) is 11.6 Å². The number of nitrogens with zero attached hydrogens (tertiary/aromatic N) is 1. The van der Waals surface area contributed by atoms with E-state index in [1.54, 1.807) is 0 Å². The quantitative estimate of drug-likeness (QED) is 0.552. The van der Waals surface area contributed by atoms with E-state index in [9.17, 15) is 14.5 Å². The van der Waals surface area contributed by atoms with Crippen molar-refractivity contribution in [2.45, 2.75) is 0 Å². The van der Waals surface area contributed by atoms with Crippen molar-refractivity contribution in [3.05, 3.63) is 40.2 Å². The molecule has 4 nitrogen and oxygen atoms in total. The number of ether oxygens (including phenoxy) is 1. The minimum atomic E-state index is -0.709. The van der Waals surface area contributed by atoms with Crippen LogP contribution in [0.15, 0.2) is 18.7 Å². The molecule has 0 aliphatic rings. The number of methoxy groups -OCH3 is 1. The zero-order valence-corrected chi connectivity index (χ0v) is 7.49. The summed E-state index contributed by atoms with van der Waals surface area (Å²) in [4.78, 5) is 9.86. The van der Waals surface area contributed by atoms with E-state index in [-0.39, 0.29) is 17.0 Å². The Labute approximate surface area is 79.8 Å². The van der Waals surface area contributed by atoms with Crippen LogP contribution in [0.25, 0.3) is 6.08 Å². The summed E-state index contributed by atoms with van der Waals surface area (Å²) in [6.07, 6.45) is 1.26. The molecule has 0 heterocycles. The summed E-state index contributed by atoms with van der Waals surface area (Å²) in [5, 5.41) is 10.5. The fraction of sp³-hybridized carbons (Fsp3) is 0.111. The summed E-state index contributed by atoms with van der Waals surface area (Å²) in [5.41, 5.74) is -0.171. The van der Waals surface area contributed by atoms with Gasteiger partial charge in [0.2, 0.25) is 0 Å². The number of rotatable bonds is 3. The molecule has 1 aromatic rings. The van der Waals surface area contributed by atoms with E-state index >= 15 is 0 Å². The van der Waals surface area contributed by atoms with Gasteiger partial charge < -0.3 is 4.74 Å². The number of hydrogen-bond donors (Lipinski definition) is 0. The summed E-state index contributed by atoms with van der Waals surface area (Å²) in [7, 11) is 1.31. The molecule has 1 aromatic carbocycles. The van der Waals surface area contributed by atoms with Crippen LogP contribution in [0.1, 0.15) is 5.56 Å². The molecule has 1 rings (SSSR count). The van der Waals surface area contributed by atoms with E-state index in [1.807, 2.05) is 0 Å². The summed E-state index contributed by atoms with van der Waals surface area (Å²) in [6, 6.07) is 1.91. The lowest BCUT2D eigenvalue weighted by Crippen LogP contribution is -1.96. The van der Waals surface area contributed by atoms with Crippen LogP contribution in [-0.4, -0.2) is 12.0 Å². The Bertz CT molecular complexity index is 390. The predicted octanol–water partition coefficient (Wildman–Crippen LogP) is 2.39. The van der Waals surface area contributed by atoms with Crippen LogP contribution in [0.2, 0.25) is 0 Å². The number of halogens is 1. The lowest BCUT2D eigenvalue weighted by atomic mass is 10.1. The summed E-state index contributed by atoms with van der Waals surface area (Å²) < 4.78 is 17.7. The average molecular weight is 197 g/mol. The van der Waals surface area contributed by atoms with Gasteiger partial charge >= 0.3 is 0 Å². The lowest BCUT2D eigenvalue weighted by Gasteiger charge is -2.05. The van der Waals surface area contributed by atoms with Gasteiger partial charge in [-0.15, -0.1) is 0 Å². The van der Waals surface area contributed by atoms with Crippen LogP contribution in [0.5, 0.6) is 5.75 Å². The van der Waals surface area contributed by atoms with Crippen molar-refractivity contribution in [1.82, 2.24) is 0 Å². The van der Waals surface area contributed by atoms with Gasteiger partial charge in [0.05, 0.1) is 23.7 Å². The molecule has 0 radical (unpaired) electrons. The first-order valence-corrected chi connectivity index (χ1v) is 3.74. The fourth-order valence-electron chi connectivity index (χ4n) is 1.10. The second-order valence-electron chi connectivity index (χ2n) is 2.50. The van der Waals surface area contributed by atoms with Gasteiger partial charge in [-0.05, 0) is 0 Å². The maximum Gasteiger partial charge on any atom is 0.283 e. The third kappa shape index (κ3) is 1.71. The normalized spacial score (nSPS) is 9.57. The molecule has 0 saturated carbocycles. The van der Waals surface area contributed by atoms with E-state index < -0.39 is 10.7 Å². The lowest BCUT2D eigenvalue weighted by molar-refractivity contribution is -0.385. The molecule has 74 valence electrons. The van der Waals surface area contributed by atoms with Gasteiger partial charge in [0, 0.05) is 6.07 Å². The molecule has 0 spiro atoms. The first kappa shape index (κ1) is 10.2. The molecule has 0 amide bonds. The minimum Gasteiger partial charge on any atom is -0.496 e. The molecule has 0 aromatic heterocycles. The van der Waals surface area contributed by atoms with Gasteiger partial charge in [-0.2, -0.15) is 0 Å². The summed E-state index contributed by atoms with van der Waals surface area (Å²) in [6.45, 7) is 3.41. The van der Waals surface area contributed by atoms with Crippen molar-refractivity contribution in [3.8, 4) is 5.75 Å². The molecule has 0 aliphatic heterocycles. The number of benzene rings is 1. The standard InChI is InChI=1S/C9H8FNO3/c1-3-7-8(11(12)13)4-6(10)5-9(7)14-2/h3-5H,1H2,2H3. The molecule has 0 fully saturated rings. The van der Waals surface area contributed by atoms with Gasteiger partial charge in [-0.3, -0.25) is 10.1 Å². The third-order valence-electron chi connectivity index (χ3n) is 1.71. The van der Waals surface area contributed by atoms with Crippen molar-refractivity contribution in [3.63, 3.8) is 0 Å². The fourth-order valence-corrected chi connectivity index (χ4v) is 1.10. The Morgan fingerprint density at radius 3 is 2.71 bits per heavy atom. The zero-order valence-electron chi connectivity index (χ0n) is 7.49. The van der Waals surface area contributed by atoms with Crippen LogP contribution in [0, 0.1) is 15.9 Å². The van der Waals surface area contributed by atoms with Gasteiger partial charge in [-0.1, -0.05) is 12.7 Å². The Morgan fingerprint density at radius 2 is 2.29 bits per heavy atom. The van der Waals surface area contributed by atoms with Crippen molar-refractivity contribution in [2.75, 3.05) is 7.11 Å². The van der Waals surface area contributed by atoms with E-state index in [0.717, 1.165) is 12.1 Å². The van der Waals surface area contributed by atoms with E-state index in [0.29, 0.717) is 0 Å². The Kier molecular flexibility index (Phi) is 2.81. The second-order valence-corrected chi connectivity index (χ2v) is 2.50. The van der Waals surface area contributed by atoms with Crippen LogP contribution in [0.3, 0.4) is 0 Å². The van der Waals surface area contributed by atoms with E-state index in [1.165, 1.54) is 13.2 Å². The van der Waals surface area contributed by atoms with Gasteiger partial charge in [0.15, 0.2) is 0 Å². The average Bonchev–Trinajstić information content (AvgIpc) is 2.16. The smallest absolute Gasteiger partial charge is 0.283 e. The molecular weight excluding hydrogens is 189 g/mol. The van der Waals surface area contributed by atoms with Gasteiger partial charge in [0.25, 0.3) is 5.69 Å². The van der Waals surface area contributed by atoms with Crippen LogP contribution in [0.4, 0.5) is 10.1 Å². The molecular formula is C9H8FNO3. The number of nitro groups is 1. The van der Waals surface area contributed by atoms with Crippen LogP contribution >= 0.6 is 0 Å². The SMILES string of the molecule is C=Cc1c(OC)cc(F)cc1[N+](=O)[O-]. The van der Waals surface area contributed by atoms with Crippen molar-refractivity contribution >= 4 is 11.8 Å². The highest BCUT2D eigenvalue weighted by Crippen LogP contribution is 2.30. The first-order valence-electron chi connectivity index (χ1n) is 3.74. The zero-order chi connectivity index (χ0) is 10.7. The molecule has 0 atom stereocenters. The van der Waals surface area contributed by atoms with Gasteiger partial charge in [-0.25, -0.2) is 4.39 Å². The largest absolute Gasteiger partial charge is 0.496 e. The monoisotopic (exact) mass is 197 g/mol. The van der Waals surface area contributed by atoms with Crippen molar-refractivity contribution in [1.29, 1.82) is 0 Å². The molecule has 5 heteroatoms. The molecule has 0 unspecified atom stereocenters. The maximum absolute atomic E-state index is 12.9. The van der Waals surface area contributed by atoms with Crippen LogP contribution in [-0.2, 0) is 0 Å². The molecule has 14 heavy (non-hydrogen) atoms. The molecule has 0 N–H and O–H groups in total. The van der Waals surface area contributed by atoms with Crippen molar-refractivity contribution in [2.24, 2.45) is 0 Å². The predicted molar refractivity (Wildman–Crippen MR) is 49.7 cm³/mol. The summed E-state index contributed by atoms with van der Waals surface area (Å²) in [5.74, 6) is -0.606. The summed E-state index contributed by atoms with van der Waals surface area (Å²) >= 11 is 0. The molecule has 0 bridgehead atoms. The highest BCUT2D eigenvalue weighted by molar-refractivity contribution is 5.66. The Hall–Kier alpha value is -1.91. The Morgan fingerprint density at radius 1 is 1.64 bits per heavy atom. The van der Waals surface area contributed by atoms with E-state index in [2.05, 4.69) is 6.58 Å². The second kappa shape index (κ2) is 3.87. The third-order valence-corrected chi connectivity index (χ3v) is 1.71. The number of nitro benzene ring substituents is 1.